The molecule has 0 aromatic rings. The summed E-state index contributed by atoms with van der Waals surface area (Å²) in [5.41, 5.74) is 1.42. The molecule has 28 heavy (non-hydrogen) atoms. The summed E-state index contributed by atoms with van der Waals surface area (Å²) in [7, 11) is 0. The van der Waals surface area contributed by atoms with Gasteiger partial charge >= 0.3 is 0 Å². The van der Waals surface area contributed by atoms with Crippen molar-refractivity contribution in [1.29, 1.82) is 0 Å². The molecule has 154 valence electrons. The van der Waals surface area contributed by atoms with Gasteiger partial charge in [0.05, 0.1) is 13.2 Å². The Morgan fingerprint density at radius 2 is 1.04 bits per heavy atom. The van der Waals surface area contributed by atoms with Crippen LogP contribution in [0.4, 0.5) is 0 Å². The maximum Gasteiger partial charge on any atom is 0.164 e. The van der Waals surface area contributed by atoms with Crippen LogP contribution in [-0.4, -0.2) is 81.8 Å². The van der Waals surface area contributed by atoms with Crippen molar-refractivity contribution in [1.82, 2.24) is 0 Å². The molecule has 0 saturated carbocycles. The topological polar surface area (TPSA) is 118 Å². The number of hydrogen-bond donors (Lipinski definition) is 4. The maximum absolute atomic E-state index is 9.54. The van der Waals surface area contributed by atoms with Crippen molar-refractivity contribution in [3.8, 4) is 0 Å². The zero-order valence-corrected chi connectivity index (χ0v) is 22.3. The summed E-state index contributed by atoms with van der Waals surface area (Å²) in [5.74, 6) is -1.32. The van der Waals surface area contributed by atoms with Crippen LogP contribution in [0.1, 0.15) is 27.7 Å². The number of aliphatic hydroxyl groups excluding tert-OH is 4. The third-order valence-corrected chi connectivity index (χ3v) is 4.80. The monoisotopic (exact) mass is 550 g/mol. The Morgan fingerprint density at radius 3 is 1.32 bits per heavy atom. The molecule has 8 nitrogen and oxygen atoms in total. The molecule has 0 bridgehead atoms. The normalized spacial score (nSPS) is 38.9. The fourth-order valence-electron chi connectivity index (χ4n) is 3.75. The van der Waals surface area contributed by atoms with E-state index in [1.807, 2.05) is 0 Å². The minimum absolute atomic E-state index is 0. The molecule has 10 heteroatoms. The third kappa shape index (κ3) is 5.78. The second-order valence-electron chi connectivity index (χ2n) is 7.82. The van der Waals surface area contributed by atoms with Gasteiger partial charge in [0.2, 0.25) is 0 Å². The second kappa shape index (κ2) is 10.3. The van der Waals surface area contributed by atoms with Crippen LogP contribution in [0.5, 0.6) is 0 Å². The van der Waals surface area contributed by atoms with E-state index in [-0.39, 0.29) is 103 Å². The first-order chi connectivity index (χ1) is 12.1. The molecule has 2 fully saturated rings. The van der Waals surface area contributed by atoms with E-state index in [0.29, 0.717) is 11.1 Å². The predicted octanol–water partition coefficient (Wildman–Crippen LogP) is -0.406. The average Bonchev–Trinajstić information content (AvgIpc) is 3.21. The molecule has 2 unspecified atom stereocenters. The smallest absolute Gasteiger partial charge is 0.164 e. The first-order valence-electron chi connectivity index (χ1n) is 8.77. The van der Waals surface area contributed by atoms with Gasteiger partial charge in [0.1, 0.15) is 36.6 Å². The molecular formula is C18H28O8Y2. The molecule has 2 radical (unpaired) electrons. The van der Waals surface area contributed by atoms with E-state index in [0.717, 1.165) is 0 Å². The van der Waals surface area contributed by atoms with E-state index in [1.165, 1.54) is 0 Å². The van der Waals surface area contributed by atoms with Crippen LogP contribution in [0.2, 0.25) is 0 Å². The van der Waals surface area contributed by atoms with E-state index in [2.05, 4.69) is 0 Å². The minimum Gasteiger partial charge on any atom is -0.392 e. The summed E-state index contributed by atoms with van der Waals surface area (Å²) in [6.07, 6.45) is 0.622. The molecular weight excluding hydrogens is 522 g/mol. The van der Waals surface area contributed by atoms with Gasteiger partial charge in [-0.1, -0.05) is 0 Å². The van der Waals surface area contributed by atoms with Crippen LogP contribution in [0.15, 0.2) is 23.3 Å². The van der Waals surface area contributed by atoms with Gasteiger partial charge in [0.15, 0.2) is 11.6 Å². The maximum atomic E-state index is 9.54. The standard InChI is InChI=1S/2C9H14O4.2Y/c2*1-9(2)12-7-5(4-10)3-6(11)8(7)13-9;;/h2*3,6-8,10-11H,4H2,1-2H3;;/t2*6-,7+,8?;;/m10../s1. The van der Waals surface area contributed by atoms with Gasteiger partial charge in [-0.3, -0.25) is 0 Å². The molecule has 4 aliphatic rings. The Kier molecular flexibility index (Phi) is 10.1. The Bertz CT molecular complexity index is 554. The average molecular weight is 550 g/mol. The molecule has 0 aromatic carbocycles. The zero-order valence-electron chi connectivity index (χ0n) is 16.6. The summed E-state index contributed by atoms with van der Waals surface area (Å²) in [4.78, 5) is 0. The molecule has 0 aromatic heterocycles. The van der Waals surface area contributed by atoms with E-state index in [1.54, 1.807) is 39.8 Å². The zero-order chi connectivity index (χ0) is 19.3. The van der Waals surface area contributed by atoms with E-state index in [9.17, 15) is 10.2 Å². The quantitative estimate of drug-likeness (QED) is 0.344. The van der Waals surface area contributed by atoms with Crippen LogP contribution in [0.25, 0.3) is 0 Å². The van der Waals surface area contributed by atoms with Crippen molar-refractivity contribution in [2.24, 2.45) is 0 Å². The van der Waals surface area contributed by atoms with E-state index >= 15 is 0 Å². The van der Waals surface area contributed by atoms with Gasteiger partial charge in [0.25, 0.3) is 0 Å². The molecule has 0 spiro atoms. The van der Waals surface area contributed by atoms with E-state index < -0.39 is 23.8 Å². The molecule has 2 aliphatic heterocycles. The SMILES string of the molecule is CC1(C)OC2[C@H](O)C=C(CO)[C@@H]2O1.CC1(C)OC2[C@H](O1)C(CO)=C[C@@H]2O.[Y].[Y]. The molecule has 2 heterocycles. The largest absolute Gasteiger partial charge is 0.392 e. The van der Waals surface area contributed by atoms with Crippen molar-refractivity contribution in [3.63, 3.8) is 0 Å². The number of fused-ring (bicyclic) bond motifs is 2. The van der Waals surface area contributed by atoms with Crippen LogP contribution >= 0.6 is 0 Å². The Labute approximate surface area is 215 Å². The van der Waals surface area contributed by atoms with Crippen LogP contribution in [0, 0.1) is 0 Å². The fraction of sp³-hybridized carbons (Fsp3) is 0.778. The van der Waals surface area contributed by atoms with Gasteiger partial charge in [-0.15, -0.1) is 0 Å². The first kappa shape index (κ1) is 27.4. The Morgan fingerprint density at radius 1 is 0.714 bits per heavy atom. The van der Waals surface area contributed by atoms with Crippen LogP contribution in [0.3, 0.4) is 0 Å². The van der Waals surface area contributed by atoms with Crippen molar-refractivity contribution < 1.29 is 105 Å². The fourth-order valence-corrected chi connectivity index (χ4v) is 3.75. The number of hydrogen-bond acceptors (Lipinski definition) is 8. The molecule has 4 rings (SSSR count). The summed E-state index contributed by atoms with van der Waals surface area (Å²) >= 11 is 0. The minimum atomic E-state index is -0.662. The van der Waals surface area contributed by atoms with Crippen molar-refractivity contribution in [2.45, 2.75) is 75.9 Å². The molecule has 4 N–H and O–H groups in total. The van der Waals surface area contributed by atoms with E-state index in [4.69, 9.17) is 29.2 Å². The first-order valence-corrected chi connectivity index (χ1v) is 8.77. The molecule has 0 amide bonds. The number of aliphatic hydroxyl groups is 4. The van der Waals surface area contributed by atoms with Gasteiger partial charge in [-0.2, -0.15) is 0 Å². The summed E-state index contributed by atoms with van der Waals surface area (Å²) in [6, 6.07) is 0. The van der Waals surface area contributed by atoms with Crippen LogP contribution < -0.4 is 0 Å². The summed E-state index contributed by atoms with van der Waals surface area (Å²) in [5, 5.41) is 37.1. The third-order valence-electron chi connectivity index (χ3n) is 4.80. The summed E-state index contributed by atoms with van der Waals surface area (Å²) in [6.45, 7) is 7.02. The second-order valence-corrected chi connectivity index (χ2v) is 7.82. The summed E-state index contributed by atoms with van der Waals surface area (Å²) < 4.78 is 22.0. The van der Waals surface area contributed by atoms with Gasteiger partial charge in [-0.05, 0) is 51.0 Å². The Balaban J connectivity index is 0.000000261. The van der Waals surface area contributed by atoms with Gasteiger partial charge in [-0.25, -0.2) is 0 Å². The Hall–Kier alpha value is 1.37. The van der Waals surface area contributed by atoms with Crippen molar-refractivity contribution in [2.75, 3.05) is 13.2 Å². The number of rotatable bonds is 2. The van der Waals surface area contributed by atoms with Gasteiger partial charge < -0.3 is 39.4 Å². The molecule has 6 atom stereocenters. The molecule has 2 aliphatic carbocycles. The molecule has 2 saturated heterocycles. The van der Waals surface area contributed by atoms with Crippen molar-refractivity contribution in [3.05, 3.63) is 23.3 Å². The number of ether oxygens (including phenoxy) is 4. The van der Waals surface area contributed by atoms with Crippen LogP contribution in [-0.2, 0) is 84.4 Å². The van der Waals surface area contributed by atoms with Crippen molar-refractivity contribution >= 4 is 0 Å². The van der Waals surface area contributed by atoms with Gasteiger partial charge in [0, 0.05) is 65.4 Å². The predicted molar refractivity (Wildman–Crippen MR) is 90.0 cm³/mol.